The summed E-state index contributed by atoms with van der Waals surface area (Å²) in [5.74, 6) is 0. The SMILES string of the molecule is CS(C)(F)(F)(F)OO[O-]. The fourth-order valence-electron chi connectivity index (χ4n) is 0.0871. The highest BCUT2D eigenvalue weighted by atomic mass is 32.4. The Morgan fingerprint density at radius 2 is 1.56 bits per heavy atom. The van der Waals surface area contributed by atoms with Crippen LogP contribution in [0, 0.1) is 0 Å². The summed E-state index contributed by atoms with van der Waals surface area (Å²) < 4.78 is 38.7. The minimum atomic E-state index is -7.07. The first-order valence-corrected chi connectivity index (χ1v) is 4.67. The van der Waals surface area contributed by atoms with Crippen LogP contribution in [-0.4, -0.2) is 12.5 Å². The van der Waals surface area contributed by atoms with Crippen molar-refractivity contribution in [1.82, 2.24) is 0 Å². The van der Waals surface area contributed by atoms with Gasteiger partial charge in [-0.2, -0.15) is 0 Å². The van der Waals surface area contributed by atoms with Crippen LogP contribution in [0.25, 0.3) is 0 Å². The highest BCUT2D eigenvalue weighted by molar-refractivity contribution is 8.49. The lowest BCUT2D eigenvalue weighted by atomic mass is 11.9. The third kappa shape index (κ3) is 8.02. The van der Waals surface area contributed by atoms with Gasteiger partial charge in [0.1, 0.15) is 0 Å². The van der Waals surface area contributed by atoms with Crippen molar-refractivity contribution in [2.24, 2.45) is 0 Å². The lowest BCUT2D eigenvalue weighted by Crippen LogP contribution is -2.23. The van der Waals surface area contributed by atoms with Gasteiger partial charge in [-0.1, -0.05) is 0 Å². The Kier molecular flexibility index (Phi) is 1.37. The van der Waals surface area contributed by atoms with Crippen molar-refractivity contribution in [3.63, 3.8) is 0 Å². The second-order valence-corrected chi connectivity index (χ2v) is 6.37. The molecule has 0 fully saturated rings. The third-order valence-corrected chi connectivity index (χ3v) is 0.723. The van der Waals surface area contributed by atoms with Gasteiger partial charge >= 0.3 is 0 Å². The van der Waals surface area contributed by atoms with Crippen molar-refractivity contribution < 1.29 is 26.3 Å². The van der Waals surface area contributed by atoms with E-state index in [2.05, 4.69) is 9.37 Å². The molecule has 0 rings (SSSR count). The average molecular weight is 167 g/mol. The third-order valence-electron chi connectivity index (χ3n) is 0.241. The molecule has 0 aromatic carbocycles. The van der Waals surface area contributed by atoms with Gasteiger partial charge in [-0.05, 0) is 0 Å². The highest BCUT2D eigenvalue weighted by Crippen LogP contribution is 2.90. The van der Waals surface area contributed by atoms with Gasteiger partial charge in [-0.3, -0.25) is 5.04 Å². The van der Waals surface area contributed by atoms with Gasteiger partial charge in [0.25, 0.3) is 0 Å². The minimum absolute atomic E-state index is 0.113. The molecule has 9 heavy (non-hydrogen) atoms. The zero-order valence-corrected chi connectivity index (χ0v) is 5.58. The Bertz CT molecular complexity index is 111. The maximum absolute atomic E-state index is 12.0. The number of halogens is 3. The first-order chi connectivity index (χ1) is 3.54. The van der Waals surface area contributed by atoms with Crippen molar-refractivity contribution >= 4 is 9.73 Å². The van der Waals surface area contributed by atoms with Gasteiger partial charge in [0.05, 0.1) is 0 Å². The lowest BCUT2D eigenvalue weighted by molar-refractivity contribution is -0.781. The van der Waals surface area contributed by atoms with Crippen LogP contribution in [0.4, 0.5) is 11.7 Å². The maximum atomic E-state index is 12.0. The smallest absolute Gasteiger partial charge is 0.151 e. The predicted molar refractivity (Wildman–Crippen MR) is 24.9 cm³/mol. The highest BCUT2D eigenvalue weighted by Gasteiger charge is 2.53. The molecule has 0 atom stereocenters. The van der Waals surface area contributed by atoms with Gasteiger partial charge in [-0.15, -0.1) is 16.0 Å². The average Bonchev–Trinajstić information content (AvgIpc) is 1.22. The van der Waals surface area contributed by atoms with Crippen LogP contribution < -0.4 is 5.26 Å². The predicted octanol–water partition coefficient (Wildman–Crippen LogP) is 0.914. The Morgan fingerprint density at radius 3 is 1.56 bits per heavy atom. The van der Waals surface area contributed by atoms with Crippen molar-refractivity contribution in [2.75, 3.05) is 12.5 Å². The number of rotatable bonds is 2. The van der Waals surface area contributed by atoms with Crippen LogP contribution in [-0.2, 0) is 9.37 Å². The molecule has 60 valence electrons. The summed E-state index contributed by atoms with van der Waals surface area (Å²) in [5.41, 5.74) is 0. The van der Waals surface area contributed by atoms with Crippen molar-refractivity contribution in [3.05, 3.63) is 0 Å². The van der Waals surface area contributed by atoms with E-state index in [9.17, 15) is 11.7 Å². The zero-order valence-electron chi connectivity index (χ0n) is 4.77. The molecule has 0 saturated carbocycles. The molecule has 0 bridgehead atoms. The topological polar surface area (TPSA) is 41.5 Å². The van der Waals surface area contributed by atoms with Gasteiger partial charge in [0.2, 0.25) is 0 Å². The second-order valence-electron chi connectivity index (χ2n) is 2.17. The molecule has 0 radical (unpaired) electrons. The Morgan fingerprint density at radius 1 is 1.22 bits per heavy atom. The van der Waals surface area contributed by atoms with Crippen molar-refractivity contribution in [3.8, 4) is 0 Å². The fourth-order valence-corrected chi connectivity index (χ4v) is 0.261. The van der Waals surface area contributed by atoms with E-state index in [1.54, 1.807) is 0 Å². The van der Waals surface area contributed by atoms with Crippen LogP contribution >= 0.6 is 9.73 Å². The summed E-state index contributed by atoms with van der Waals surface area (Å²) in [7, 11) is -7.07. The standard InChI is InChI=1S/C2H7F3O3S/c1-9(2,3,4,5)8-7-6/h6H,1-2H3/p-1. The second kappa shape index (κ2) is 1.36. The van der Waals surface area contributed by atoms with E-state index in [4.69, 9.17) is 5.26 Å². The molecule has 0 saturated heterocycles. The largest absolute Gasteiger partial charge is 0.691 e. The molecule has 0 aliphatic heterocycles. The molecule has 0 N–H and O–H groups in total. The van der Waals surface area contributed by atoms with E-state index >= 15 is 0 Å². The molecule has 0 amide bonds. The minimum Gasteiger partial charge on any atom is -0.691 e. The quantitative estimate of drug-likeness (QED) is 0.453. The molecule has 0 unspecified atom stereocenters. The Balaban J connectivity index is 4.34. The van der Waals surface area contributed by atoms with Crippen molar-refractivity contribution in [2.45, 2.75) is 0 Å². The van der Waals surface area contributed by atoms with E-state index in [-0.39, 0.29) is 12.5 Å². The van der Waals surface area contributed by atoms with E-state index in [0.29, 0.717) is 0 Å². The summed E-state index contributed by atoms with van der Waals surface area (Å²) >= 11 is 0. The van der Waals surface area contributed by atoms with Crippen LogP contribution in [0.1, 0.15) is 0 Å². The van der Waals surface area contributed by atoms with E-state index in [1.165, 1.54) is 0 Å². The van der Waals surface area contributed by atoms with Crippen LogP contribution in [0.3, 0.4) is 0 Å². The van der Waals surface area contributed by atoms with Gasteiger partial charge in [-0.25, -0.2) is 0 Å². The molecule has 0 spiro atoms. The summed E-state index contributed by atoms with van der Waals surface area (Å²) in [5, 5.41) is 11.2. The Hall–Kier alpha value is 0.0200. The summed E-state index contributed by atoms with van der Waals surface area (Å²) in [4.78, 5) is 0. The summed E-state index contributed by atoms with van der Waals surface area (Å²) in [6, 6.07) is 0. The normalized spacial score (nSPS) is 20.7. The van der Waals surface area contributed by atoms with E-state index in [1.807, 2.05) is 0 Å². The number of hydrogen-bond donors (Lipinski definition) is 0. The zero-order chi connectivity index (χ0) is 7.82. The van der Waals surface area contributed by atoms with Crippen LogP contribution in [0.5, 0.6) is 0 Å². The molecule has 0 aliphatic carbocycles. The lowest BCUT2D eigenvalue weighted by Gasteiger charge is -2.48. The summed E-state index contributed by atoms with van der Waals surface area (Å²) in [6.07, 6.45) is -0.226. The van der Waals surface area contributed by atoms with E-state index < -0.39 is 9.73 Å². The fraction of sp³-hybridized carbons (Fsp3) is 1.00. The molecule has 0 aromatic rings. The molecule has 3 nitrogen and oxygen atoms in total. The molecule has 7 heteroatoms. The first kappa shape index (κ1) is 9.02. The van der Waals surface area contributed by atoms with Gasteiger partial charge in [0.15, 0.2) is 9.73 Å². The number of hydrogen-bond acceptors (Lipinski definition) is 3. The van der Waals surface area contributed by atoms with Gasteiger partial charge in [0, 0.05) is 12.5 Å². The van der Waals surface area contributed by atoms with Crippen molar-refractivity contribution in [1.29, 1.82) is 0 Å². The Labute approximate surface area is 49.6 Å². The molecular formula is C2H6F3O3S-. The van der Waals surface area contributed by atoms with Gasteiger partial charge < -0.3 is 5.26 Å². The van der Waals surface area contributed by atoms with E-state index in [0.717, 1.165) is 0 Å². The maximum Gasteiger partial charge on any atom is 0.151 e. The summed E-state index contributed by atoms with van der Waals surface area (Å²) in [6.45, 7) is 0. The monoisotopic (exact) mass is 167 g/mol. The molecular weight excluding hydrogens is 161 g/mol. The first-order valence-electron chi connectivity index (χ1n) is 1.78. The molecule has 0 aliphatic rings. The molecule has 0 heterocycles. The molecule has 0 aromatic heterocycles. The van der Waals surface area contributed by atoms with Crippen LogP contribution in [0.2, 0.25) is 0 Å². The van der Waals surface area contributed by atoms with Crippen LogP contribution in [0.15, 0.2) is 0 Å².